The van der Waals surface area contributed by atoms with Gasteiger partial charge in [-0.3, -0.25) is 9.48 Å². The van der Waals surface area contributed by atoms with Crippen LogP contribution in [0.15, 0.2) is 36.0 Å². The first-order valence-corrected chi connectivity index (χ1v) is 7.50. The van der Waals surface area contributed by atoms with Crippen molar-refractivity contribution >= 4 is 17.2 Å². The van der Waals surface area contributed by atoms with Crippen LogP contribution in [0.3, 0.4) is 0 Å². The highest BCUT2D eigenvalue weighted by Gasteiger charge is 2.11. The summed E-state index contributed by atoms with van der Waals surface area (Å²) in [5.74, 6) is 0.103. The van der Waals surface area contributed by atoms with Crippen molar-refractivity contribution in [1.82, 2.24) is 20.0 Å². The third-order valence-electron chi connectivity index (χ3n) is 3.02. The summed E-state index contributed by atoms with van der Waals surface area (Å²) >= 11 is 1.67. The number of carbonyl (C=O) groups is 1. The molecule has 1 N–H and O–H groups in total. The lowest BCUT2D eigenvalue weighted by molar-refractivity contribution is -0.129. The number of aromatic nitrogens is 2. The molecule has 2 aromatic heterocycles. The molecular formula is C14H20N4OS. The molecule has 0 saturated heterocycles. The van der Waals surface area contributed by atoms with Crippen molar-refractivity contribution in [1.29, 1.82) is 0 Å². The van der Waals surface area contributed by atoms with Gasteiger partial charge in [0.2, 0.25) is 5.91 Å². The monoisotopic (exact) mass is 292 g/mol. The SMILES string of the molecule is CC(Cn1cccn1)NCC(=O)N(C)Cc1cccs1. The molecule has 1 amide bonds. The van der Waals surface area contributed by atoms with E-state index < -0.39 is 0 Å². The Balaban J connectivity index is 1.71. The summed E-state index contributed by atoms with van der Waals surface area (Å²) in [6.07, 6.45) is 3.68. The number of rotatable bonds is 7. The lowest BCUT2D eigenvalue weighted by Gasteiger charge is -2.19. The number of likely N-dealkylation sites (N-methyl/N-ethyl adjacent to an activating group) is 1. The Hall–Kier alpha value is -1.66. The van der Waals surface area contributed by atoms with E-state index in [0.717, 1.165) is 6.54 Å². The van der Waals surface area contributed by atoms with Crippen LogP contribution in [0.1, 0.15) is 11.8 Å². The highest BCUT2D eigenvalue weighted by Crippen LogP contribution is 2.10. The van der Waals surface area contributed by atoms with Gasteiger partial charge in [-0.2, -0.15) is 5.10 Å². The smallest absolute Gasteiger partial charge is 0.236 e. The average molecular weight is 292 g/mol. The first-order valence-electron chi connectivity index (χ1n) is 6.62. The first kappa shape index (κ1) is 14.7. The highest BCUT2D eigenvalue weighted by molar-refractivity contribution is 7.09. The molecule has 0 bridgehead atoms. The van der Waals surface area contributed by atoms with Crippen LogP contribution in [0.5, 0.6) is 0 Å². The van der Waals surface area contributed by atoms with Gasteiger partial charge >= 0.3 is 0 Å². The molecule has 6 heteroatoms. The summed E-state index contributed by atoms with van der Waals surface area (Å²) in [5.41, 5.74) is 0. The number of thiophene rings is 1. The van der Waals surface area contributed by atoms with E-state index in [1.165, 1.54) is 4.88 Å². The molecule has 0 aliphatic rings. The number of amides is 1. The van der Waals surface area contributed by atoms with Gasteiger partial charge in [-0.05, 0) is 24.4 Å². The second-order valence-corrected chi connectivity index (χ2v) is 5.87. The van der Waals surface area contributed by atoms with Crippen molar-refractivity contribution in [3.05, 3.63) is 40.8 Å². The highest BCUT2D eigenvalue weighted by atomic mass is 32.1. The number of nitrogens with zero attached hydrogens (tertiary/aromatic N) is 3. The fourth-order valence-electron chi connectivity index (χ4n) is 1.87. The largest absolute Gasteiger partial charge is 0.340 e. The van der Waals surface area contributed by atoms with Gasteiger partial charge in [-0.15, -0.1) is 11.3 Å². The van der Waals surface area contributed by atoms with Crippen LogP contribution < -0.4 is 5.32 Å². The minimum atomic E-state index is 0.103. The summed E-state index contributed by atoms with van der Waals surface area (Å²) in [4.78, 5) is 15.0. The lowest BCUT2D eigenvalue weighted by Crippen LogP contribution is -2.40. The van der Waals surface area contributed by atoms with Crippen molar-refractivity contribution in [3.63, 3.8) is 0 Å². The molecule has 108 valence electrons. The molecule has 0 spiro atoms. The zero-order valence-electron chi connectivity index (χ0n) is 11.8. The molecule has 0 aliphatic carbocycles. The Morgan fingerprint density at radius 3 is 3.05 bits per heavy atom. The van der Waals surface area contributed by atoms with Crippen molar-refractivity contribution in [2.75, 3.05) is 13.6 Å². The summed E-state index contributed by atoms with van der Waals surface area (Å²) in [6, 6.07) is 6.14. The van der Waals surface area contributed by atoms with Crippen molar-refractivity contribution in [3.8, 4) is 0 Å². The molecular weight excluding hydrogens is 272 g/mol. The van der Waals surface area contributed by atoms with Gasteiger partial charge < -0.3 is 10.2 Å². The van der Waals surface area contributed by atoms with Gasteiger partial charge in [0.05, 0.1) is 19.6 Å². The summed E-state index contributed by atoms with van der Waals surface area (Å²) < 4.78 is 1.86. The lowest BCUT2D eigenvalue weighted by atomic mass is 10.3. The minimum Gasteiger partial charge on any atom is -0.340 e. The summed E-state index contributed by atoms with van der Waals surface area (Å²) in [7, 11) is 1.84. The van der Waals surface area contributed by atoms with E-state index in [2.05, 4.69) is 10.4 Å². The zero-order valence-corrected chi connectivity index (χ0v) is 12.6. The molecule has 2 heterocycles. The minimum absolute atomic E-state index is 0.103. The molecule has 0 aliphatic heterocycles. The van der Waals surface area contributed by atoms with Crippen LogP contribution in [-0.4, -0.2) is 40.2 Å². The topological polar surface area (TPSA) is 50.2 Å². The van der Waals surface area contributed by atoms with Crippen LogP contribution in [0.25, 0.3) is 0 Å². The van der Waals surface area contributed by atoms with Gasteiger partial charge in [0.1, 0.15) is 0 Å². The van der Waals surface area contributed by atoms with Crippen molar-refractivity contribution in [2.45, 2.75) is 26.1 Å². The van der Waals surface area contributed by atoms with E-state index in [1.54, 1.807) is 22.4 Å². The number of nitrogens with one attached hydrogen (secondary N) is 1. The van der Waals surface area contributed by atoms with Crippen molar-refractivity contribution < 1.29 is 4.79 Å². The Kier molecular flexibility index (Phi) is 5.31. The molecule has 0 fully saturated rings. The van der Waals surface area contributed by atoms with E-state index in [1.807, 2.05) is 48.4 Å². The molecule has 0 aromatic carbocycles. The summed E-state index contributed by atoms with van der Waals surface area (Å²) in [5, 5.41) is 9.41. The van der Waals surface area contributed by atoms with E-state index in [4.69, 9.17) is 0 Å². The van der Waals surface area contributed by atoms with Crippen LogP contribution in [0.2, 0.25) is 0 Å². The molecule has 0 radical (unpaired) electrons. The standard InChI is InChI=1S/C14H20N4OS/c1-12(10-18-7-4-6-16-18)15-9-14(19)17(2)11-13-5-3-8-20-13/h3-8,12,15H,9-11H2,1-2H3. The molecule has 0 saturated carbocycles. The van der Waals surface area contributed by atoms with E-state index >= 15 is 0 Å². The fourth-order valence-corrected chi connectivity index (χ4v) is 2.63. The summed E-state index contributed by atoms with van der Waals surface area (Å²) in [6.45, 7) is 3.83. The van der Waals surface area contributed by atoms with Gasteiger partial charge in [-0.25, -0.2) is 0 Å². The Morgan fingerprint density at radius 1 is 1.55 bits per heavy atom. The Labute approximate surface area is 123 Å². The zero-order chi connectivity index (χ0) is 14.4. The quantitative estimate of drug-likeness (QED) is 0.843. The second kappa shape index (κ2) is 7.21. The Morgan fingerprint density at radius 2 is 2.40 bits per heavy atom. The van der Waals surface area contributed by atoms with Gasteiger partial charge in [-0.1, -0.05) is 6.07 Å². The maximum atomic E-state index is 12.0. The van der Waals surface area contributed by atoms with Gasteiger partial charge in [0.25, 0.3) is 0 Å². The van der Waals surface area contributed by atoms with Crippen LogP contribution >= 0.6 is 11.3 Å². The van der Waals surface area contributed by atoms with E-state index in [9.17, 15) is 4.79 Å². The fraction of sp³-hybridized carbons (Fsp3) is 0.429. The third kappa shape index (κ3) is 4.47. The van der Waals surface area contributed by atoms with E-state index in [-0.39, 0.29) is 11.9 Å². The number of hydrogen-bond donors (Lipinski definition) is 1. The van der Waals surface area contributed by atoms with Gasteiger partial charge in [0.15, 0.2) is 0 Å². The average Bonchev–Trinajstić information content (AvgIpc) is 3.09. The molecule has 5 nitrogen and oxygen atoms in total. The number of carbonyl (C=O) groups excluding carboxylic acids is 1. The normalized spacial score (nSPS) is 12.3. The maximum absolute atomic E-state index is 12.0. The van der Waals surface area contributed by atoms with Crippen LogP contribution in [0.4, 0.5) is 0 Å². The molecule has 2 aromatic rings. The predicted octanol–water partition coefficient (Wildman–Crippen LogP) is 1.58. The predicted molar refractivity (Wildman–Crippen MR) is 80.5 cm³/mol. The maximum Gasteiger partial charge on any atom is 0.236 e. The molecule has 20 heavy (non-hydrogen) atoms. The first-order chi connectivity index (χ1) is 9.65. The second-order valence-electron chi connectivity index (χ2n) is 4.84. The van der Waals surface area contributed by atoms with Crippen molar-refractivity contribution in [2.24, 2.45) is 0 Å². The van der Waals surface area contributed by atoms with Gasteiger partial charge in [0, 0.05) is 30.4 Å². The third-order valence-corrected chi connectivity index (χ3v) is 3.88. The van der Waals surface area contributed by atoms with E-state index in [0.29, 0.717) is 13.1 Å². The van der Waals surface area contributed by atoms with Crippen LogP contribution in [0, 0.1) is 0 Å². The number of hydrogen-bond acceptors (Lipinski definition) is 4. The molecule has 1 atom stereocenters. The molecule has 1 unspecified atom stereocenters. The van der Waals surface area contributed by atoms with Crippen LogP contribution in [-0.2, 0) is 17.9 Å². The molecule has 2 rings (SSSR count). The Bertz CT molecular complexity index is 509.